The first-order chi connectivity index (χ1) is 12.0. The number of rotatable bonds is 5. The second-order valence-corrected chi connectivity index (χ2v) is 8.15. The van der Waals surface area contributed by atoms with Crippen LogP contribution in [-0.2, 0) is 10.0 Å². The lowest BCUT2D eigenvalue weighted by molar-refractivity contribution is 0.242. The van der Waals surface area contributed by atoms with Gasteiger partial charge >= 0.3 is 0 Å². The number of nitrogens with one attached hydrogen (secondary N) is 1. The highest BCUT2D eigenvalue weighted by molar-refractivity contribution is 7.89. The van der Waals surface area contributed by atoms with Gasteiger partial charge in [-0.25, -0.2) is 8.42 Å². The van der Waals surface area contributed by atoms with Gasteiger partial charge in [0.15, 0.2) is 0 Å². The van der Waals surface area contributed by atoms with Crippen LogP contribution in [0.2, 0.25) is 0 Å². The van der Waals surface area contributed by atoms with Crippen molar-refractivity contribution in [3.8, 4) is 5.75 Å². The lowest BCUT2D eigenvalue weighted by Crippen LogP contribution is -2.48. The van der Waals surface area contributed by atoms with E-state index in [1.165, 1.54) is 0 Å². The van der Waals surface area contributed by atoms with Crippen LogP contribution in [0.25, 0.3) is 0 Å². The number of ether oxygens (including phenoxy) is 1. The number of halogens is 1. The van der Waals surface area contributed by atoms with Crippen molar-refractivity contribution in [3.63, 3.8) is 0 Å². The summed E-state index contributed by atoms with van der Waals surface area (Å²) in [4.78, 5) is 4.40. The van der Waals surface area contributed by atoms with Gasteiger partial charge in [0.25, 0.3) is 0 Å². The smallest absolute Gasteiger partial charge is 0.243 e. The highest BCUT2D eigenvalue weighted by Crippen LogP contribution is 2.29. The van der Waals surface area contributed by atoms with Gasteiger partial charge in [-0.15, -0.1) is 12.4 Å². The van der Waals surface area contributed by atoms with Crippen LogP contribution in [0, 0.1) is 0 Å². The van der Waals surface area contributed by atoms with E-state index in [0.29, 0.717) is 25.4 Å². The van der Waals surface area contributed by atoms with Gasteiger partial charge in [-0.3, -0.25) is 4.98 Å². The van der Waals surface area contributed by atoms with E-state index in [2.05, 4.69) is 10.3 Å². The lowest BCUT2D eigenvalue weighted by atomic mass is 10.1. The minimum Gasteiger partial charge on any atom is -0.491 e. The summed E-state index contributed by atoms with van der Waals surface area (Å²) in [5.74, 6) is 0.665. The number of hydrogen-bond donors (Lipinski definition) is 1. The van der Waals surface area contributed by atoms with Crippen molar-refractivity contribution < 1.29 is 13.2 Å². The minimum atomic E-state index is -3.59. The molecule has 1 aromatic carbocycles. The summed E-state index contributed by atoms with van der Waals surface area (Å²) in [7, 11) is -3.59. The van der Waals surface area contributed by atoms with E-state index < -0.39 is 10.0 Å². The van der Waals surface area contributed by atoms with Crippen molar-refractivity contribution in [1.29, 1.82) is 0 Å². The van der Waals surface area contributed by atoms with Crippen LogP contribution in [0.3, 0.4) is 0 Å². The summed E-state index contributed by atoms with van der Waals surface area (Å²) >= 11 is 0. The Bertz CT molecular complexity index is 798. The molecule has 0 radical (unpaired) electrons. The standard InChI is InChI=1S/C18H23N3O3S.ClH/c1-14(2)24-16-5-7-17(8-6-16)25(22,23)21-11-10-20-13-18(21)15-4-3-9-19-12-15;/h3-9,12,14,18,20H,10-11,13H2,1-2H3;1H. The van der Waals surface area contributed by atoms with E-state index in [1.807, 2.05) is 26.0 Å². The van der Waals surface area contributed by atoms with E-state index >= 15 is 0 Å². The predicted molar refractivity (Wildman–Crippen MR) is 103 cm³/mol. The molecule has 142 valence electrons. The normalized spacial score (nSPS) is 18.3. The molecule has 1 aliphatic rings. The van der Waals surface area contributed by atoms with E-state index in [0.717, 1.165) is 5.56 Å². The number of aromatic nitrogens is 1. The van der Waals surface area contributed by atoms with Gasteiger partial charge < -0.3 is 10.1 Å². The molecule has 8 heteroatoms. The summed E-state index contributed by atoms with van der Waals surface area (Å²) in [6.07, 6.45) is 3.46. The van der Waals surface area contributed by atoms with E-state index in [-0.39, 0.29) is 29.4 Å². The molecule has 2 aromatic rings. The zero-order valence-electron chi connectivity index (χ0n) is 14.8. The second kappa shape index (κ2) is 8.81. The van der Waals surface area contributed by atoms with Crippen molar-refractivity contribution in [2.24, 2.45) is 0 Å². The molecule has 0 saturated carbocycles. The largest absolute Gasteiger partial charge is 0.491 e. The molecule has 3 rings (SSSR count). The molecule has 1 saturated heterocycles. The first-order valence-corrected chi connectivity index (χ1v) is 9.81. The fourth-order valence-corrected chi connectivity index (χ4v) is 4.54. The average molecular weight is 398 g/mol. The Morgan fingerprint density at radius 3 is 2.58 bits per heavy atom. The zero-order valence-corrected chi connectivity index (χ0v) is 16.5. The van der Waals surface area contributed by atoms with Crippen LogP contribution in [-0.4, -0.2) is 43.4 Å². The van der Waals surface area contributed by atoms with Gasteiger partial charge in [-0.2, -0.15) is 4.31 Å². The lowest BCUT2D eigenvalue weighted by Gasteiger charge is -2.35. The van der Waals surface area contributed by atoms with Crippen molar-refractivity contribution in [2.45, 2.75) is 30.9 Å². The van der Waals surface area contributed by atoms with Crippen LogP contribution in [0.15, 0.2) is 53.7 Å². The minimum absolute atomic E-state index is 0. The first kappa shape index (κ1) is 20.6. The third-order valence-corrected chi connectivity index (χ3v) is 5.99. The molecule has 0 spiro atoms. The fourth-order valence-electron chi connectivity index (χ4n) is 2.93. The number of sulfonamides is 1. The highest BCUT2D eigenvalue weighted by Gasteiger charge is 2.34. The van der Waals surface area contributed by atoms with Gasteiger partial charge in [0.1, 0.15) is 5.75 Å². The van der Waals surface area contributed by atoms with Crippen LogP contribution < -0.4 is 10.1 Å². The van der Waals surface area contributed by atoms with Gasteiger partial charge in [-0.1, -0.05) is 6.07 Å². The van der Waals surface area contributed by atoms with Crippen LogP contribution in [0.1, 0.15) is 25.5 Å². The molecular weight excluding hydrogens is 374 g/mol. The quantitative estimate of drug-likeness (QED) is 0.839. The molecule has 1 fully saturated rings. The summed E-state index contributed by atoms with van der Waals surface area (Å²) < 4.78 is 33.4. The van der Waals surface area contributed by atoms with Gasteiger partial charge in [0.2, 0.25) is 10.0 Å². The Kier molecular flexibility index (Phi) is 7.00. The molecule has 0 amide bonds. The summed E-state index contributed by atoms with van der Waals surface area (Å²) in [5, 5.41) is 3.26. The Hall–Kier alpha value is -1.67. The molecule has 1 aliphatic heterocycles. The molecule has 1 unspecified atom stereocenters. The molecule has 1 atom stereocenters. The van der Waals surface area contributed by atoms with Gasteiger partial charge in [-0.05, 0) is 49.7 Å². The van der Waals surface area contributed by atoms with Gasteiger partial charge in [0, 0.05) is 32.0 Å². The first-order valence-electron chi connectivity index (χ1n) is 8.37. The van der Waals surface area contributed by atoms with Crippen molar-refractivity contribution in [2.75, 3.05) is 19.6 Å². The number of benzene rings is 1. The number of pyridine rings is 1. The third-order valence-electron chi connectivity index (χ3n) is 4.07. The van der Waals surface area contributed by atoms with Crippen LogP contribution in [0.5, 0.6) is 5.75 Å². The molecular formula is C18H24ClN3O3S. The summed E-state index contributed by atoms with van der Waals surface area (Å²) in [6.45, 7) is 5.49. The second-order valence-electron chi connectivity index (χ2n) is 6.26. The molecule has 26 heavy (non-hydrogen) atoms. The maximum atomic E-state index is 13.1. The predicted octanol–water partition coefficient (Wildman–Crippen LogP) is 2.63. The van der Waals surface area contributed by atoms with E-state index in [9.17, 15) is 8.42 Å². The monoisotopic (exact) mass is 397 g/mol. The molecule has 1 N–H and O–H groups in total. The number of hydrogen-bond acceptors (Lipinski definition) is 5. The Balaban J connectivity index is 0.00000243. The summed E-state index contributed by atoms with van der Waals surface area (Å²) in [6, 6.07) is 10.1. The topological polar surface area (TPSA) is 71.5 Å². The van der Waals surface area contributed by atoms with Crippen LogP contribution in [0.4, 0.5) is 0 Å². The average Bonchev–Trinajstić information content (AvgIpc) is 2.62. The Morgan fingerprint density at radius 2 is 1.96 bits per heavy atom. The van der Waals surface area contributed by atoms with Crippen LogP contribution >= 0.6 is 12.4 Å². The zero-order chi connectivity index (χ0) is 17.9. The molecule has 1 aromatic heterocycles. The summed E-state index contributed by atoms with van der Waals surface area (Å²) in [5.41, 5.74) is 0.887. The maximum absolute atomic E-state index is 13.1. The molecule has 0 bridgehead atoms. The molecule has 0 aliphatic carbocycles. The van der Waals surface area contributed by atoms with Gasteiger partial charge in [0.05, 0.1) is 17.0 Å². The van der Waals surface area contributed by atoms with Crippen molar-refractivity contribution in [1.82, 2.24) is 14.6 Å². The van der Waals surface area contributed by atoms with Crippen molar-refractivity contribution >= 4 is 22.4 Å². The van der Waals surface area contributed by atoms with E-state index in [4.69, 9.17) is 4.74 Å². The Morgan fingerprint density at radius 1 is 1.23 bits per heavy atom. The Labute approximate surface area is 161 Å². The third kappa shape index (κ3) is 4.54. The van der Waals surface area contributed by atoms with E-state index in [1.54, 1.807) is 41.0 Å². The maximum Gasteiger partial charge on any atom is 0.243 e. The number of nitrogens with zero attached hydrogens (tertiary/aromatic N) is 2. The highest BCUT2D eigenvalue weighted by atomic mass is 35.5. The number of piperazine rings is 1. The molecule has 2 heterocycles. The SMILES string of the molecule is CC(C)Oc1ccc(S(=O)(=O)N2CCNCC2c2cccnc2)cc1.Cl. The fraction of sp³-hybridized carbons (Fsp3) is 0.389. The molecule has 6 nitrogen and oxygen atoms in total. The van der Waals surface area contributed by atoms with Crippen molar-refractivity contribution in [3.05, 3.63) is 54.4 Å².